The van der Waals surface area contributed by atoms with Crippen LogP contribution in [0.3, 0.4) is 0 Å². The number of nitrogens with two attached hydrogens (primary N) is 1. The third-order valence-electron chi connectivity index (χ3n) is 3.42. The van der Waals surface area contributed by atoms with Crippen LogP contribution in [-0.2, 0) is 0 Å². The summed E-state index contributed by atoms with van der Waals surface area (Å²) < 4.78 is 15.9. The summed E-state index contributed by atoms with van der Waals surface area (Å²) in [4.78, 5) is 4.26. The topological polar surface area (TPSA) is 69.6 Å². The van der Waals surface area contributed by atoms with Crippen molar-refractivity contribution in [3.63, 3.8) is 0 Å². The van der Waals surface area contributed by atoms with E-state index in [1.54, 1.807) is 18.3 Å². The minimum atomic E-state index is -0.477. The van der Waals surface area contributed by atoms with Gasteiger partial charge in [0, 0.05) is 17.3 Å². The maximum absolute atomic E-state index is 14.5. The minimum absolute atomic E-state index is 0.258. The van der Waals surface area contributed by atoms with Gasteiger partial charge in [-0.25, -0.2) is 9.07 Å². The zero-order chi connectivity index (χ0) is 14.4. The van der Waals surface area contributed by atoms with E-state index >= 15 is 0 Å². The Hall–Kier alpha value is -3.02. The molecule has 0 bridgehead atoms. The number of hydrogen-bond donors (Lipinski definition) is 1. The van der Waals surface area contributed by atoms with Gasteiger partial charge in [-0.15, -0.1) is 5.10 Å². The van der Waals surface area contributed by atoms with Gasteiger partial charge in [-0.05, 0) is 30.3 Å². The Morgan fingerprint density at radius 1 is 1.10 bits per heavy atom. The van der Waals surface area contributed by atoms with Crippen molar-refractivity contribution < 1.29 is 4.39 Å². The van der Waals surface area contributed by atoms with Crippen molar-refractivity contribution in [2.45, 2.75) is 0 Å². The lowest BCUT2D eigenvalue weighted by Crippen LogP contribution is -2.04. The van der Waals surface area contributed by atoms with Crippen LogP contribution in [0.25, 0.3) is 27.6 Å². The zero-order valence-corrected chi connectivity index (χ0v) is 10.9. The van der Waals surface area contributed by atoms with Gasteiger partial charge >= 0.3 is 0 Å². The molecule has 0 spiro atoms. The molecule has 0 saturated carbocycles. The molecule has 0 aliphatic rings. The maximum atomic E-state index is 14.5. The number of hydrogen-bond acceptors (Lipinski definition) is 4. The van der Waals surface area contributed by atoms with Gasteiger partial charge in [-0.2, -0.15) is 0 Å². The number of aromatic nitrogens is 4. The van der Waals surface area contributed by atoms with Crippen molar-refractivity contribution in [1.82, 2.24) is 20.0 Å². The first-order valence-corrected chi connectivity index (χ1v) is 6.39. The molecule has 0 radical (unpaired) electrons. The van der Waals surface area contributed by atoms with E-state index in [2.05, 4.69) is 15.3 Å². The molecule has 2 aromatic heterocycles. The number of halogens is 1. The maximum Gasteiger partial charge on any atom is 0.153 e. The average Bonchev–Trinajstić information content (AvgIpc) is 2.92. The van der Waals surface area contributed by atoms with Crippen LogP contribution in [0.1, 0.15) is 0 Å². The molecule has 0 fully saturated rings. The first-order chi connectivity index (χ1) is 10.3. The molecule has 0 atom stereocenters. The Bertz CT molecular complexity index is 976. The van der Waals surface area contributed by atoms with Crippen LogP contribution < -0.4 is 5.73 Å². The van der Waals surface area contributed by atoms with Crippen molar-refractivity contribution in [3.05, 3.63) is 54.5 Å². The standard InChI is InChI=1S/C15H10FN5/c16-10-8-11(17)9-4-3-7-18-14(9)15(10)21-13-6-2-1-5-12(13)19-20-21/h1-8H,17H2. The summed E-state index contributed by atoms with van der Waals surface area (Å²) in [6, 6.07) is 12.2. The zero-order valence-electron chi connectivity index (χ0n) is 10.9. The number of para-hydroxylation sites is 1. The second-order valence-corrected chi connectivity index (χ2v) is 4.69. The highest BCUT2D eigenvalue weighted by Gasteiger charge is 2.16. The van der Waals surface area contributed by atoms with E-state index in [0.29, 0.717) is 27.6 Å². The molecule has 0 unspecified atom stereocenters. The highest BCUT2D eigenvalue weighted by atomic mass is 19.1. The van der Waals surface area contributed by atoms with Crippen molar-refractivity contribution >= 4 is 27.6 Å². The molecule has 4 rings (SSSR count). The summed E-state index contributed by atoms with van der Waals surface area (Å²) in [5.74, 6) is -0.477. The van der Waals surface area contributed by atoms with Crippen LogP contribution in [0.2, 0.25) is 0 Å². The van der Waals surface area contributed by atoms with Crippen LogP contribution in [-0.4, -0.2) is 20.0 Å². The molecule has 21 heavy (non-hydrogen) atoms. The van der Waals surface area contributed by atoms with Gasteiger partial charge in [0.25, 0.3) is 0 Å². The van der Waals surface area contributed by atoms with E-state index in [-0.39, 0.29) is 5.69 Å². The molecule has 5 nitrogen and oxygen atoms in total. The Labute approximate surface area is 118 Å². The summed E-state index contributed by atoms with van der Waals surface area (Å²) in [6.07, 6.45) is 1.60. The van der Waals surface area contributed by atoms with Crippen LogP contribution in [0.4, 0.5) is 10.1 Å². The van der Waals surface area contributed by atoms with E-state index in [1.807, 2.05) is 24.3 Å². The number of nitrogens with zero attached hydrogens (tertiary/aromatic N) is 4. The van der Waals surface area contributed by atoms with Crippen LogP contribution in [0, 0.1) is 5.82 Å². The molecule has 0 amide bonds. The lowest BCUT2D eigenvalue weighted by Gasteiger charge is -2.09. The molecule has 102 valence electrons. The number of fused-ring (bicyclic) bond motifs is 2. The van der Waals surface area contributed by atoms with E-state index in [9.17, 15) is 4.39 Å². The summed E-state index contributed by atoms with van der Waals surface area (Å²) in [6.45, 7) is 0. The number of rotatable bonds is 1. The van der Waals surface area contributed by atoms with Crippen LogP contribution in [0.15, 0.2) is 48.7 Å². The summed E-state index contributed by atoms with van der Waals surface area (Å²) in [7, 11) is 0. The van der Waals surface area contributed by atoms with Crippen molar-refractivity contribution in [1.29, 1.82) is 0 Å². The van der Waals surface area contributed by atoms with Gasteiger partial charge in [0.1, 0.15) is 16.7 Å². The number of anilines is 1. The SMILES string of the molecule is Nc1cc(F)c(-n2nnc3ccccc32)c2ncccc12. The second kappa shape index (κ2) is 4.24. The predicted octanol–water partition coefficient (Wildman–Crippen LogP) is 2.69. The third kappa shape index (κ3) is 1.66. The number of pyridine rings is 1. The molecule has 0 aliphatic heterocycles. The largest absolute Gasteiger partial charge is 0.398 e. The summed E-state index contributed by atoms with van der Waals surface area (Å²) in [5.41, 5.74) is 8.35. The molecule has 2 heterocycles. The smallest absolute Gasteiger partial charge is 0.153 e. The minimum Gasteiger partial charge on any atom is -0.398 e. The molecule has 6 heteroatoms. The van der Waals surface area contributed by atoms with Gasteiger partial charge in [-0.1, -0.05) is 17.3 Å². The average molecular weight is 279 g/mol. The molecule has 2 N–H and O–H groups in total. The fourth-order valence-corrected chi connectivity index (χ4v) is 2.46. The first kappa shape index (κ1) is 11.8. The lowest BCUT2D eigenvalue weighted by atomic mass is 10.1. The Morgan fingerprint density at radius 2 is 1.95 bits per heavy atom. The predicted molar refractivity (Wildman–Crippen MR) is 78.5 cm³/mol. The fraction of sp³-hybridized carbons (Fsp3) is 0. The first-order valence-electron chi connectivity index (χ1n) is 6.39. The second-order valence-electron chi connectivity index (χ2n) is 4.69. The van der Waals surface area contributed by atoms with E-state index in [0.717, 1.165) is 0 Å². The monoisotopic (exact) mass is 279 g/mol. The quantitative estimate of drug-likeness (QED) is 0.544. The third-order valence-corrected chi connectivity index (χ3v) is 3.42. The van der Waals surface area contributed by atoms with E-state index < -0.39 is 5.82 Å². The van der Waals surface area contributed by atoms with E-state index in [1.165, 1.54) is 10.7 Å². The number of nitrogen functional groups attached to an aromatic ring is 1. The lowest BCUT2D eigenvalue weighted by molar-refractivity contribution is 0.612. The molecule has 0 saturated heterocycles. The van der Waals surface area contributed by atoms with Crippen molar-refractivity contribution in [2.75, 3.05) is 5.73 Å². The molecular weight excluding hydrogens is 269 g/mol. The molecule has 0 aliphatic carbocycles. The van der Waals surface area contributed by atoms with Crippen LogP contribution in [0.5, 0.6) is 0 Å². The van der Waals surface area contributed by atoms with Gasteiger partial charge in [0.15, 0.2) is 5.82 Å². The van der Waals surface area contributed by atoms with E-state index in [4.69, 9.17) is 5.73 Å². The highest BCUT2D eigenvalue weighted by molar-refractivity contribution is 5.96. The number of benzene rings is 2. The summed E-state index contributed by atoms with van der Waals surface area (Å²) in [5, 5.41) is 8.79. The molecular formula is C15H10FN5. The Morgan fingerprint density at radius 3 is 2.86 bits per heavy atom. The Balaban J connectivity index is 2.16. The molecule has 2 aromatic carbocycles. The van der Waals surface area contributed by atoms with Gasteiger partial charge in [-0.3, -0.25) is 4.98 Å². The van der Waals surface area contributed by atoms with Crippen molar-refractivity contribution in [2.24, 2.45) is 0 Å². The fourth-order valence-electron chi connectivity index (χ4n) is 2.46. The normalized spacial score (nSPS) is 11.3. The summed E-state index contributed by atoms with van der Waals surface area (Å²) >= 11 is 0. The van der Waals surface area contributed by atoms with Gasteiger partial charge in [0.05, 0.1) is 5.52 Å². The molecule has 4 aromatic rings. The van der Waals surface area contributed by atoms with Crippen LogP contribution >= 0.6 is 0 Å². The van der Waals surface area contributed by atoms with Gasteiger partial charge < -0.3 is 5.73 Å². The Kier molecular flexibility index (Phi) is 2.38. The van der Waals surface area contributed by atoms with Crippen molar-refractivity contribution in [3.8, 4) is 5.69 Å². The highest BCUT2D eigenvalue weighted by Crippen LogP contribution is 2.29. The van der Waals surface area contributed by atoms with Gasteiger partial charge in [0.2, 0.25) is 0 Å².